The zero-order valence-electron chi connectivity index (χ0n) is 17.4. The Kier molecular flexibility index (Phi) is 7.05. The standard InChI is InChI=1S/C21H17Br3N8O/c1-11-7-12(2)32(31-11)21-28-19(26-16-5-3-14(22)4-6-16)27-20(29-21)30-25-10-13-8-15(23)9-17(24)18(13)33/h3-10,33H,1-2H3,(H2,26,27,28,29,30)/b25-10-. The van der Waals surface area contributed by atoms with Crippen molar-refractivity contribution < 1.29 is 5.11 Å². The number of hydrogen-bond acceptors (Lipinski definition) is 8. The van der Waals surface area contributed by atoms with Gasteiger partial charge in [-0.3, -0.25) is 0 Å². The predicted octanol–water partition coefficient (Wildman–Crippen LogP) is 5.86. The largest absolute Gasteiger partial charge is 0.506 e. The fraction of sp³-hybridized carbons (Fsp3) is 0.0952. The molecule has 0 unspecified atom stereocenters. The highest BCUT2D eigenvalue weighted by molar-refractivity contribution is 9.11. The number of phenolic OH excluding ortho intramolecular Hbond substituents is 1. The summed E-state index contributed by atoms with van der Waals surface area (Å²) < 4.78 is 3.94. The molecule has 3 N–H and O–H groups in total. The lowest BCUT2D eigenvalue weighted by Gasteiger charge is -2.10. The van der Waals surface area contributed by atoms with Gasteiger partial charge >= 0.3 is 0 Å². The second-order valence-electron chi connectivity index (χ2n) is 6.95. The lowest BCUT2D eigenvalue weighted by Crippen LogP contribution is -2.11. The number of aryl methyl sites for hydroxylation is 2. The van der Waals surface area contributed by atoms with E-state index < -0.39 is 0 Å². The SMILES string of the molecule is Cc1cc(C)n(-c2nc(N/N=C\c3cc(Br)cc(Br)c3O)nc(Nc3ccc(Br)cc3)n2)n1. The van der Waals surface area contributed by atoms with E-state index in [9.17, 15) is 5.11 Å². The number of nitrogens with zero attached hydrogens (tertiary/aromatic N) is 6. The van der Waals surface area contributed by atoms with Crippen molar-refractivity contribution in [1.82, 2.24) is 24.7 Å². The van der Waals surface area contributed by atoms with Crippen LogP contribution in [0.2, 0.25) is 0 Å². The number of hydrazone groups is 1. The molecule has 0 saturated heterocycles. The maximum absolute atomic E-state index is 10.2. The van der Waals surface area contributed by atoms with E-state index in [2.05, 4.69) is 83.7 Å². The second-order valence-corrected chi connectivity index (χ2v) is 9.63. The van der Waals surface area contributed by atoms with E-state index in [1.165, 1.54) is 6.21 Å². The van der Waals surface area contributed by atoms with Crippen molar-refractivity contribution in [3.8, 4) is 11.7 Å². The average Bonchev–Trinajstić information content (AvgIpc) is 3.11. The van der Waals surface area contributed by atoms with Crippen molar-refractivity contribution in [2.24, 2.45) is 5.10 Å². The Balaban J connectivity index is 1.67. The number of aromatic nitrogens is 5. The van der Waals surface area contributed by atoms with Crippen molar-refractivity contribution in [3.05, 3.63) is 72.8 Å². The highest BCUT2D eigenvalue weighted by Crippen LogP contribution is 2.30. The number of nitrogens with one attached hydrogen (secondary N) is 2. The highest BCUT2D eigenvalue weighted by atomic mass is 79.9. The molecule has 4 aromatic rings. The van der Waals surface area contributed by atoms with E-state index in [0.29, 0.717) is 21.9 Å². The first-order valence-corrected chi connectivity index (χ1v) is 12.0. The van der Waals surface area contributed by atoms with Gasteiger partial charge in [0.1, 0.15) is 5.75 Å². The summed E-state index contributed by atoms with van der Waals surface area (Å²) in [6.07, 6.45) is 1.47. The summed E-state index contributed by atoms with van der Waals surface area (Å²) in [6.45, 7) is 3.82. The third-order valence-corrected chi connectivity index (χ3v) is 5.94. The molecule has 4 rings (SSSR count). The first-order valence-electron chi connectivity index (χ1n) is 9.58. The Morgan fingerprint density at radius 2 is 1.67 bits per heavy atom. The summed E-state index contributed by atoms with van der Waals surface area (Å²) in [6, 6.07) is 13.0. The normalized spacial score (nSPS) is 11.2. The van der Waals surface area contributed by atoms with Gasteiger partial charge in [-0.25, -0.2) is 10.1 Å². The molecule has 9 nitrogen and oxygen atoms in total. The number of aromatic hydroxyl groups is 1. The van der Waals surface area contributed by atoms with E-state index in [0.717, 1.165) is 26.0 Å². The number of hydrogen-bond donors (Lipinski definition) is 3. The topological polar surface area (TPSA) is 113 Å². The average molecular weight is 637 g/mol. The van der Waals surface area contributed by atoms with E-state index >= 15 is 0 Å². The van der Waals surface area contributed by atoms with Crippen molar-refractivity contribution >= 4 is 71.6 Å². The van der Waals surface area contributed by atoms with Crippen molar-refractivity contribution in [2.45, 2.75) is 13.8 Å². The molecule has 12 heteroatoms. The molecule has 0 saturated carbocycles. The Labute approximate surface area is 214 Å². The summed E-state index contributed by atoms with van der Waals surface area (Å²) in [7, 11) is 0. The van der Waals surface area contributed by atoms with Crippen molar-refractivity contribution in [1.29, 1.82) is 0 Å². The molecule has 168 valence electrons. The van der Waals surface area contributed by atoms with E-state index in [1.807, 2.05) is 44.2 Å². The molecule has 0 aliphatic rings. The Morgan fingerprint density at radius 1 is 0.939 bits per heavy atom. The summed E-state index contributed by atoms with van der Waals surface area (Å²) in [4.78, 5) is 13.4. The summed E-state index contributed by atoms with van der Waals surface area (Å²) >= 11 is 10.1. The summed E-state index contributed by atoms with van der Waals surface area (Å²) in [5, 5.41) is 22.0. The minimum atomic E-state index is 0.0697. The maximum atomic E-state index is 10.2. The van der Waals surface area contributed by atoms with Crippen LogP contribution in [-0.4, -0.2) is 36.1 Å². The van der Waals surface area contributed by atoms with Gasteiger partial charge in [0.15, 0.2) is 0 Å². The molecule has 0 atom stereocenters. The Morgan fingerprint density at radius 3 is 2.36 bits per heavy atom. The molecule has 0 amide bonds. The number of benzene rings is 2. The fourth-order valence-electron chi connectivity index (χ4n) is 2.90. The van der Waals surface area contributed by atoms with Gasteiger partial charge in [0.25, 0.3) is 5.95 Å². The molecular weight excluding hydrogens is 620 g/mol. The lowest BCUT2D eigenvalue weighted by atomic mass is 10.2. The summed E-state index contributed by atoms with van der Waals surface area (Å²) in [5.41, 5.74) is 5.85. The highest BCUT2D eigenvalue weighted by Gasteiger charge is 2.12. The zero-order chi connectivity index (χ0) is 23.5. The van der Waals surface area contributed by atoms with E-state index in [-0.39, 0.29) is 11.7 Å². The van der Waals surface area contributed by atoms with Crippen LogP contribution in [0, 0.1) is 13.8 Å². The van der Waals surface area contributed by atoms with Crippen LogP contribution in [0.25, 0.3) is 5.95 Å². The van der Waals surface area contributed by atoms with Crippen LogP contribution in [0.5, 0.6) is 5.75 Å². The molecule has 2 aromatic carbocycles. The van der Waals surface area contributed by atoms with Gasteiger partial charge in [-0.05, 0) is 72.2 Å². The van der Waals surface area contributed by atoms with Gasteiger partial charge < -0.3 is 10.4 Å². The van der Waals surface area contributed by atoms with Crippen LogP contribution in [0.15, 0.2) is 61.0 Å². The zero-order valence-corrected chi connectivity index (χ0v) is 22.1. The van der Waals surface area contributed by atoms with Crippen LogP contribution in [0.3, 0.4) is 0 Å². The third-order valence-electron chi connectivity index (χ3n) is 4.35. The molecular formula is C21H17Br3N8O. The molecule has 2 heterocycles. The van der Waals surface area contributed by atoms with Gasteiger partial charge in [0, 0.05) is 25.9 Å². The smallest absolute Gasteiger partial charge is 0.257 e. The molecule has 0 radical (unpaired) electrons. The van der Waals surface area contributed by atoms with Gasteiger partial charge in [0.2, 0.25) is 11.9 Å². The molecule has 0 aliphatic heterocycles. The predicted molar refractivity (Wildman–Crippen MR) is 139 cm³/mol. The van der Waals surface area contributed by atoms with Gasteiger partial charge in [-0.2, -0.15) is 25.2 Å². The molecule has 0 aliphatic carbocycles. The molecule has 0 bridgehead atoms. The molecule has 2 aromatic heterocycles. The van der Waals surface area contributed by atoms with Crippen LogP contribution in [-0.2, 0) is 0 Å². The number of halogens is 3. The van der Waals surface area contributed by atoms with Crippen molar-refractivity contribution in [2.75, 3.05) is 10.7 Å². The van der Waals surface area contributed by atoms with Crippen LogP contribution in [0.1, 0.15) is 17.0 Å². The van der Waals surface area contributed by atoms with Gasteiger partial charge in [-0.15, -0.1) is 0 Å². The van der Waals surface area contributed by atoms with Crippen molar-refractivity contribution in [3.63, 3.8) is 0 Å². The second kappa shape index (κ2) is 9.98. The lowest BCUT2D eigenvalue weighted by molar-refractivity contribution is 0.471. The van der Waals surface area contributed by atoms with Crippen LogP contribution in [0.4, 0.5) is 17.6 Å². The monoisotopic (exact) mass is 634 g/mol. The minimum Gasteiger partial charge on any atom is -0.506 e. The Bertz CT molecular complexity index is 1340. The molecule has 0 spiro atoms. The third kappa shape index (κ3) is 5.75. The quantitative estimate of drug-likeness (QED) is 0.180. The Hall–Kier alpha value is -2.83. The molecule has 0 fully saturated rings. The van der Waals surface area contributed by atoms with E-state index in [1.54, 1.807) is 16.8 Å². The first kappa shape index (κ1) is 23.3. The van der Waals surface area contributed by atoms with E-state index in [4.69, 9.17) is 0 Å². The van der Waals surface area contributed by atoms with Gasteiger partial charge in [0.05, 0.1) is 16.4 Å². The fourth-order valence-corrected chi connectivity index (χ4v) is 4.43. The number of phenols is 1. The van der Waals surface area contributed by atoms with Crippen LogP contribution >= 0.6 is 47.8 Å². The van der Waals surface area contributed by atoms with Crippen LogP contribution < -0.4 is 10.7 Å². The minimum absolute atomic E-state index is 0.0697. The summed E-state index contributed by atoms with van der Waals surface area (Å²) in [5.74, 6) is 0.930. The molecule has 33 heavy (non-hydrogen) atoms. The first-order chi connectivity index (χ1) is 15.8. The maximum Gasteiger partial charge on any atom is 0.257 e. The van der Waals surface area contributed by atoms with Gasteiger partial charge in [-0.1, -0.05) is 31.9 Å². The number of rotatable bonds is 6. The number of anilines is 3.